The molecule has 1 atom stereocenters. The van der Waals surface area contributed by atoms with Crippen molar-refractivity contribution in [1.82, 2.24) is 15.8 Å². The summed E-state index contributed by atoms with van der Waals surface area (Å²) in [6.07, 6.45) is 4.93. The summed E-state index contributed by atoms with van der Waals surface area (Å²) in [5.74, 6) is 2.12. The lowest BCUT2D eigenvalue weighted by molar-refractivity contribution is 0.0778. The minimum atomic E-state index is 0.321. The highest BCUT2D eigenvalue weighted by Crippen LogP contribution is 2.44. The molecule has 1 heterocycles. The Labute approximate surface area is 151 Å². The number of hydrogen-bond donors (Lipinski definition) is 2. The average Bonchev–Trinajstić information content (AvgIpc) is 2.89. The van der Waals surface area contributed by atoms with E-state index in [1.54, 1.807) is 7.11 Å². The highest BCUT2D eigenvalue weighted by molar-refractivity contribution is 5.79. The quantitative estimate of drug-likeness (QED) is 0.529. The van der Waals surface area contributed by atoms with Crippen LogP contribution in [0.3, 0.4) is 0 Å². The maximum atomic E-state index is 5.29. The Morgan fingerprint density at radius 2 is 2.12 bits per heavy atom. The van der Waals surface area contributed by atoms with Gasteiger partial charge >= 0.3 is 0 Å². The number of hydrogen-bond acceptors (Lipinski definition) is 4. The second-order valence-electron chi connectivity index (χ2n) is 7.31. The zero-order chi connectivity index (χ0) is 18.3. The Kier molecular flexibility index (Phi) is 7.29. The molecule has 6 heteroatoms. The maximum Gasteiger partial charge on any atom is 0.191 e. The zero-order valence-corrected chi connectivity index (χ0v) is 16.4. The van der Waals surface area contributed by atoms with E-state index in [-0.39, 0.29) is 0 Å². The molecule has 0 saturated heterocycles. The number of nitrogens with zero attached hydrogens (tertiary/aromatic N) is 2. The van der Waals surface area contributed by atoms with E-state index >= 15 is 0 Å². The van der Waals surface area contributed by atoms with Gasteiger partial charge in [-0.2, -0.15) is 0 Å². The van der Waals surface area contributed by atoms with Gasteiger partial charge in [-0.1, -0.05) is 18.5 Å². The van der Waals surface area contributed by atoms with Gasteiger partial charge in [0, 0.05) is 44.8 Å². The molecule has 1 aliphatic carbocycles. The van der Waals surface area contributed by atoms with Crippen molar-refractivity contribution >= 4 is 5.96 Å². The number of ether oxygens (including phenoxy) is 1. The van der Waals surface area contributed by atoms with Gasteiger partial charge in [-0.05, 0) is 45.4 Å². The molecule has 1 aliphatic rings. The van der Waals surface area contributed by atoms with Crippen LogP contribution >= 0.6 is 0 Å². The number of aromatic nitrogens is 1. The summed E-state index contributed by atoms with van der Waals surface area (Å²) in [6.45, 7) is 11.6. The van der Waals surface area contributed by atoms with Gasteiger partial charge in [0.05, 0.1) is 5.69 Å². The SMILES string of the molecule is CCNC(=NCC1(CCOC)CCC1)NCC(C)c1c(C)noc1C. The van der Waals surface area contributed by atoms with Crippen LogP contribution in [0.1, 0.15) is 62.5 Å². The van der Waals surface area contributed by atoms with Gasteiger partial charge in [-0.3, -0.25) is 4.99 Å². The van der Waals surface area contributed by atoms with E-state index in [0.29, 0.717) is 11.3 Å². The van der Waals surface area contributed by atoms with Crippen LogP contribution in [0.25, 0.3) is 0 Å². The number of aryl methyl sites for hydroxylation is 2. The topological polar surface area (TPSA) is 71.7 Å². The van der Waals surface area contributed by atoms with E-state index in [4.69, 9.17) is 14.3 Å². The van der Waals surface area contributed by atoms with Gasteiger partial charge in [0.2, 0.25) is 0 Å². The molecule has 0 amide bonds. The first-order valence-electron chi connectivity index (χ1n) is 9.45. The molecule has 1 aromatic rings. The molecule has 142 valence electrons. The summed E-state index contributed by atoms with van der Waals surface area (Å²) in [5, 5.41) is 10.9. The maximum absolute atomic E-state index is 5.29. The van der Waals surface area contributed by atoms with Crippen molar-refractivity contribution in [2.75, 3.05) is 33.4 Å². The Hall–Kier alpha value is -1.56. The lowest BCUT2D eigenvalue weighted by Crippen LogP contribution is -2.41. The van der Waals surface area contributed by atoms with Crippen LogP contribution in [0.15, 0.2) is 9.52 Å². The second kappa shape index (κ2) is 9.22. The summed E-state index contributed by atoms with van der Waals surface area (Å²) < 4.78 is 10.6. The molecule has 2 N–H and O–H groups in total. The standard InChI is InChI=1S/C19H34N4O2/c1-6-20-18(22-13-19(8-7-9-19)10-11-24-5)21-12-14(2)17-15(3)23-25-16(17)4/h14H,6-13H2,1-5H3,(H2,20,21,22). The van der Waals surface area contributed by atoms with Crippen molar-refractivity contribution in [2.45, 2.75) is 59.3 Å². The molecule has 0 aromatic carbocycles. The number of rotatable bonds is 9. The van der Waals surface area contributed by atoms with Crippen LogP contribution in [-0.4, -0.2) is 44.5 Å². The summed E-state index contributed by atoms with van der Waals surface area (Å²) in [6, 6.07) is 0. The Balaban J connectivity index is 1.93. The third-order valence-electron chi connectivity index (χ3n) is 5.32. The van der Waals surface area contributed by atoms with Crippen LogP contribution in [0.2, 0.25) is 0 Å². The molecule has 1 fully saturated rings. The smallest absolute Gasteiger partial charge is 0.191 e. The van der Waals surface area contributed by atoms with E-state index in [2.05, 4.69) is 29.6 Å². The minimum absolute atomic E-state index is 0.321. The van der Waals surface area contributed by atoms with Crippen molar-refractivity contribution in [1.29, 1.82) is 0 Å². The average molecular weight is 351 g/mol. The van der Waals surface area contributed by atoms with Crippen molar-refractivity contribution < 1.29 is 9.26 Å². The summed E-state index contributed by atoms with van der Waals surface area (Å²) >= 11 is 0. The summed E-state index contributed by atoms with van der Waals surface area (Å²) in [4.78, 5) is 4.86. The molecule has 0 bridgehead atoms. The lowest BCUT2D eigenvalue weighted by Gasteiger charge is -2.40. The van der Waals surface area contributed by atoms with Crippen molar-refractivity contribution in [3.63, 3.8) is 0 Å². The fourth-order valence-corrected chi connectivity index (χ4v) is 3.62. The number of nitrogens with one attached hydrogen (secondary N) is 2. The second-order valence-corrected chi connectivity index (χ2v) is 7.31. The van der Waals surface area contributed by atoms with Crippen molar-refractivity contribution in [3.8, 4) is 0 Å². The fraction of sp³-hybridized carbons (Fsp3) is 0.789. The van der Waals surface area contributed by atoms with E-state index in [1.165, 1.54) is 24.8 Å². The molecule has 0 spiro atoms. The van der Waals surface area contributed by atoms with Gasteiger partial charge < -0.3 is 19.9 Å². The van der Waals surface area contributed by atoms with E-state index in [1.807, 2.05) is 13.8 Å². The molecule has 2 rings (SSSR count). The number of guanidine groups is 1. The predicted octanol–water partition coefficient (Wildman–Crippen LogP) is 3.16. The normalized spacial score (nSPS) is 17.9. The molecule has 1 aromatic heterocycles. The predicted molar refractivity (Wildman–Crippen MR) is 101 cm³/mol. The molecule has 6 nitrogen and oxygen atoms in total. The number of methoxy groups -OCH3 is 1. The minimum Gasteiger partial charge on any atom is -0.385 e. The van der Waals surface area contributed by atoms with Gasteiger partial charge in [-0.25, -0.2) is 0 Å². The fourth-order valence-electron chi connectivity index (χ4n) is 3.62. The van der Waals surface area contributed by atoms with E-state index in [9.17, 15) is 0 Å². The zero-order valence-electron chi connectivity index (χ0n) is 16.4. The lowest BCUT2D eigenvalue weighted by atomic mass is 9.67. The molecule has 1 unspecified atom stereocenters. The van der Waals surface area contributed by atoms with Gasteiger partial charge in [0.15, 0.2) is 5.96 Å². The van der Waals surface area contributed by atoms with E-state index < -0.39 is 0 Å². The molecule has 1 saturated carbocycles. The van der Waals surface area contributed by atoms with Crippen molar-refractivity contribution in [2.24, 2.45) is 10.4 Å². The Bertz CT molecular complexity index is 544. The molecular weight excluding hydrogens is 316 g/mol. The molecular formula is C19H34N4O2. The molecule has 25 heavy (non-hydrogen) atoms. The van der Waals surface area contributed by atoms with Crippen LogP contribution in [0.4, 0.5) is 0 Å². The monoisotopic (exact) mass is 350 g/mol. The van der Waals surface area contributed by atoms with Crippen molar-refractivity contribution in [3.05, 3.63) is 17.0 Å². The van der Waals surface area contributed by atoms with Crippen LogP contribution in [0, 0.1) is 19.3 Å². The first-order valence-corrected chi connectivity index (χ1v) is 9.45. The largest absolute Gasteiger partial charge is 0.385 e. The highest BCUT2D eigenvalue weighted by Gasteiger charge is 2.36. The van der Waals surface area contributed by atoms with Crippen LogP contribution in [-0.2, 0) is 4.74 Å². The van der Waals surface area contributed by atoms with E-state index in [0.717, 1.165) is 50.1 Å². The summed E-state index contributed by atoms with van der Waals surface area (Å²) in [7, 11) is 1.78. The Morgan fingerprint density at radius 3 is 2.64 bits per heavy atom. The van der Waals surface area contributed by atoms with Crippen LogP contribution < -0.4 is 10.6 Å². The summed E-state index contributed by atoms with van der Waals surface area (Å²) in [5.41, 5.74) is 2.51. The molecule has 0 radical (unpaired) electrons. The highest BCUT2D eigenvalue weighted by atomic mass is 16.5. The van der Waals surface area contributed by atoms with Crippen LogP contribution in [0.5, 0.6) is 0 Å². The molecule has 0 aliphatic heterocycles. The first kappa shape index (κ1) is 19.8. The van der Waals surface area contributed by atoms with Gasteiger partial charge in [-0.15, -0.1) is 0 Å². The van der Waals surface area contributed by atoms with Gasteiger partial charge in [0.25, 0.3) is 0 Å². The Morgan fingerprint density at radius 1 is 1.36 bits per heavy atom. The first-order chi connectivity index (χ1) is 12.0. The number of aliphatic imine (C=N–C) groups is 1. The van der Waals surface area contributed by atoms with Gasteiger partial charge in [0.1, 0.15) is 5.76 Å². The third kappa shape index (κ3) is 5.21. The third-order valence-corrected chi connectivity index (χ3v) is 5.32.